The fourth-order valence-corrected chi connectivity index (χ4v) is 2.33. The second kappa shape index (κ2) is 7.25. The fourth-order valence-electron chi connectivity index (χ4n) is 1.89. The van der Waals surface area contributed by atoms with E-state index >= 15 is 0 Å². The van der Waals surface area contributed by atoms with Crippen LogP contribution in [0, 0.1) is 0 Å². The van der Waals surface area contributed by atoms with E-state index in [1.54, 1.807) is 0 Å². The maximum absolute atomic E-state index is 11.8. The van der Waals surface area contributed by atoms with Crippen LogP contribution in [0.5, 0.6) is 0 Å². The van der Waals surface area contributed by atoms with E-state index in [4.69, 9.17) is 8.97 Å². The lowest BCUT2D eigenvalue weighted by Gasteiger charge is -1.97. The molecule has 2 heterocycles. The van der Waals surface area contributed by atoms with Crippen LogP contribution in [0.1, 0.15) is 5.76 Å². The molecule has 0 saturated carbocycles. The first-order valence-electron chi connectivity index (χ1n) is 7.14. The van der Waals surface area contributed by atoms with Gasteiger partial charge in [-0.1, -0.05) is 30.3 Å². The van der Waals surface area contributed by atoms with E-state index in [0.717, 1.165) is 22.6 Å². The normalized spacial score (nSPS) is 11.7. The number of hydrazone groups is 1. The number of carbonyl (C=O) groups is 1. The van der Waals surface area contributed by atoms with Crippen LogP contribution in [0.2, 0.25) is 0 Å². The van der Waals surface area contributed by atoms with Crippen LogP contribution >= 0.6 is 0 Å². The van der Waals surface area contributed by atoms with Crippen molar-refractivity contribution in [2.75, 3.05) is 0 Å². The van der Waals surface area contributed by atoms with E-state index in [-0.39, 0.29) is 12.3 Å². The average molecular weight is 376 g/mol. The molecule has 0 unspecified atom stereocenters. The highest BCUT2D eigenvalue weighted by Crippen LogP contribution is 2.12. The second-order valence-corrected chi connectivity index (χ2v) is 6.29. The van der Waals surface area contributed by atoms with Gasteiger partial charge in [-0.05, 0) is 17.3 Å². The van der Waals surface area contributed by atoms with Crippen molar-refractivity contribution in [3.63, 3.8) is 0 Å². The molecule has 0 spiro atoms. The molecule has 0 bridgehead atoms. The van der Waals surface area contributed by atoms with Crippen LogP contribution in [-0.2, 0) is 21.5 Å². The number of amides is 1. The SMILES string of the molecule is O=C(Cn1nnc(-c2ccccc2)n1)N/N=C/c1ccc(S(=O)(=O)O)o1. The van der Waals surface area contributed by atoms with Crippen molar-refractivity contribution in [1.82, 2.24) is 25.6 Å². The maximum Gasteiger partial charge on any atom is 0.328 e. The molecule has 2 N–H and O–H groups in total. The summed E-state index contributed by atoms with van der Waals surface area (Å²) in [5, 5.41) is 14.7. The van der Waals surface area contributed by atoms with E-state index in [2.05, 4.69) is 25.9 Å². The van der Waals surface area contributed by atoms with Gasteiger partial charge in [-0.2, -0.15) is 18.3 Å². The Kier molecular flexibility index (Phi) is 4.86. The van der Waals surface area contributed by atoms with Crippen LogP contribution in [0.15, 0.2) is 57.1 Å². The summed E-state index contributed by atoms with van der Waals surface area (Å²) in [6, 6.07) is 11.5. The Morgan fingerprint density at radius 3 is 2.73 bits per heavy atom. The Balaban J connectivity index is 1.56. The lowest BCUT2D eigenvalue weighted by Crippen LogP contribution is -2.24. The van der Waals surface area contributed by atoms with Crippen LogP contribution < -0.4 is 5.43 Å². The minimum Gasteiger partial charge on any atom is -0.441 e. The summed E-state index contributed by atoms with van der Waals surface area (Å²) in [5.74, 6) is -0.113. The Morgan fingerprint density at radius 2 is 2.04 bits per heavy atom. The Hall–Kier alpha value is -3.38. The lowest BCUT2D eigenvalue weighted by molar-refractivity contribution is -0.122. The van der Waals surface area contributed by atoms with Gasteiger partial charge in [0.2, 0.25) is 10.9 Å². The zero-order valence-corrected chi connectivity index (χ0v) is 13.9. The smallest absolute Gasteiger partial charge is 0.328 e. The van der Waals surface area contributed by atoms with Gasteiger partial charge in [0.05, 0.1) is 6.21 Å². The molecule has 0 radical (unpaired) electrons. The van der Waals surface area contributed by atoms with Crippen LogP contribution in [0.25, 0.3) is 11.4 Å². The number of furan rings is 1. The van der Waals surface area contributed by atoms with Gasteiger partial charge in [0.15, 0.2) is 0 Å². The number of nitrogens with one attached hydrogen (secondary N) is 1. The van der Waals surface area contributed by atoms with E-state index in [1.165, 1.54) is 6.07 Å². The zero-order chi connectivity index (χ0) is 18.6. The summed E-state index contributed by atoms with van der Waals surface area (Å²) >= 11 is 0. The topological polar surface area (TPSA) is 153 Å². The van der Waals surface area contributed by atoms with Gasteiger partial charge in [0.1, 0.15) is 12.3 Å². The Labute approximate surface area is 147 Å². The van der Waals surface area contributed by atoms with Gasteiger partial charge in [-0.25, -0.2) is 5.43 Å². The Morgan fingerprint density at radius 1 is 1.27 bits per heavy atom. The lowest BCUT2D eigenvalue weighted by atomic mass is 10.2. The third-order valence-corrected chi connectivity index (χ3v) is 3.74. The summed E-state index contributed by atoms with van der Waals surface area (Å²) in [6.45, 7) is -0.217. The van der Waals surface area contributed by atoms with Crippen molar-refractivity contribution in [1.29, 1.82) is 0 Å². The van der Waals surface area contributed by atoms with Gasteiger partial charge < -0.3 is 4.42 Å². The highest BCUT2D eigenvalue weighted by Gasteiger charge is 2.14. The van der Waals surface area contributed by atoms with Gasteiger partial charge in [-0.3, -0.25) is 9.35 Å². The third kappa shape index (κ3) is 4.37. The van der Waals surface area contributed by atoms with Crippen molar-refractivity contribution in [2.24, 2.45) is 5.10 Å². The molecular formula is C14H12N6O5S. The molecule has 2 aromatic heterocycles. The van der Waals surface area contributed by atoms with Gasteiger partial charge in [-0.15, -0.1) is 10.2 Å². The van der Waals surface area contributed by atoms with Gasteiger partial charge in [0.25, 0.3) is 5.91 Å². The molecule has 1 aromatic carbocycles. The highest BCUT2D eigenvalue weighted by molar-refractivity contribution is 7.85. The number of tetrazole rings is 1. The summed E-state index contributed by atoms with van der Waals surface area (Å²) < 4.78 is 35.3. The highest BCUT2D eigenvalue weighted by atomic mass is 32.2. The number of hydrogen-bond acceptors (Lipinski definition) is 8. The predicted octanol–water partition coefficient (Wildman–Crippen LogP) is 0.330. The van der Waals surface area contributed by atoms with Crippen molar-refractivity contribution in [2.45, 2.75) is 11.6 Å². The van der Waals surface area contributed by atoms with Gasteiger partial charge >= 0.3 is 10.1 Å². The van der Waals surface area contributed by atoms with Crippen molar-refractivity contribution in [3.8, 4) is 11.4 Å². The first-order chi connectivity index (χ1) is 12.4. The second-order valence-electron chi connectivity index (χ2n) is 4.93. The molecule has 134 valence electrons. The molecule has 0 aliphatic rings. The van der Waals surface area contributed by atoms with Gasteiger partial charge in [0, 0.05) is 5.56 Å². The first-order valence-corrected chi connectivity index (χ1v) is 8.58. The molecule has 0 fully saturated rings. The quantitative estimate of drug-likeness (QED) is 0.354. The Bertz CT molecular complexity index is 1040. The molecule has 0 aliphatic carbocycles. The molecule has 12 heteroatoms. The third-order valence-electron chi connectivity index (χ3n) is 3.01. The molecule has 1 amide bonds. The summed E-state index contributed by atoms with van der Waals surface area (Å²) in [5.41, 5.74) is 2.97. The first kappa shape index (κ1) is 17.4. The number of rotatable bonds is 6. The number of benzene rings is 1. The minimum atomic E-state index is -4.43. The number of nitrogens with zero attached hydrogens (tertiary/aromatic N) is 5. The van der Waals surface area contributed by atoms with E-state index in [0.29, 0.717) is 5.82 Å². The summed E-state index contributed by atoms with van der Waals surface area (Å²) in [4.78, 5) is 12.9. The standard InChI is InChI=1S/C14H12N6O5S/c21-12(16-15-8-11-6-7-13(25-11)26(22,23)24)9-20-18-14(17-19-20)10-4-2-1-3-5-10/h1-8H,9H2,(H,16,21)(H,22,23,24)/b15-8+. The van der Waals surface area contributed by atoms with Crippen molar-refractivity contribution in [3.05, 3.63) is 48.2 Å². The predicted molar refractivity (Wildman–Crippen MR) is 87.5 cm³/mol. The van der Waals surface area contributed by atoms with Crippen molar-refractivity contribution >= 4 is 22.2 Å². The van der Waals surface area contributed by atoms with Crippen LogP contribution in [0.3, 0.4) is 0 Å². The van der Waals surface area contributed by atoms with E-state index in [1.807, 2.05) is 30.3 Å². The maximum atomic E-state index is 11.8. The molecule has 26 heavy (non-hydrogen) atoms. The van der Waals surface area contributed by atoms with E-state index < -0.39 is 21.1 Å². The molecule has 3 aromatic rings. The largest absolute Gasteiger partial charge is 0.441 e. The minimum absolute atomic E-state index is 0.0307. The fraction of sp³-hybridized carbons (Fsp3) is 0.0714. The number of aromatic nitrogens is 4. The molecule has 11 nitrogen and oxygen atoms in total. The number of hydrogen-bond donors (Lipinski definition) is 2. The summed E-state index contributed by atoms with van der Waals surface area (Å²) in [7, 11) is -4.43. The molecule has 0 atom stereocenters. The van der Waals surface area contributed by atoms with Crippen LogP contribution in [-0.4, -0.2) is 45.3 Å². The molecule has 0 saturated heterocycles. The van der Waals surface area contributed by atoms with Crippen LogP contribution in [0.4, 0.5) is 0 Å². The number of carbonyl (C=O) groups excluding carboxylic acids is 1. The monoisotopic (exact) mass is 376 g/mol. The molecule has 3 rings (SSSR count). The van der Waals surface area contributed by atoms with E-state index in [9.17, 15) is 13.2 Å². The average Bonchev–Trinajstić information content (AvgIpc) is 3.25. The molecular weight excluding hydrogens is 364 g/mol. The molecule has 0 aliphatic heterocycles. The summed E-state index contributed by atoms with van der Waals surface area (Å²) in [6.07, 6.45) is 1.08. The van der Waals surface area contributed by atoms with Crippen molar-refractivity contribution < 1.29 is 22.2 Å². The zero-order valence-electron chi connectivity index (χ0n) is 13.1.